The number of carbonyl (C=O) groups is 3. The molecule has 0 aliphatic rings. The molecule has 5 rings (SSSR count). The molecular weight excluding hydrogens is 624 g/mol. The zero-order chi connectivity index (χ0) is 35.3. The van der Waals surface area contributed by atoms with Crippen molar-refractivity contribution < 1.29 is 53.1 Å². The summed E-state index contributed by atoms with van der Waals surface area (Å²) in [5.41, 5.74) is 0.680. The van der Waals surface area contributed by atoms with Crippen molar-refractivity contribution >= 4 is 29.2 Å². The maximum atomic E-state index is 12.6. The minimum atomic E-state index is -1.38. The molecule has 0 saturated carbocycles. The number of benzene rings is 4. The van der Waals surface area contributed by atoms with Crippen LogP contribution >= 0.6 is 0 Å². The average molecular weight is 657 g/mol. The monoisotopic (exact) mass is 656 g/mol. The number of esters is 1. The number of aromatic hydroxyl groups is 2. The number of hydrogen-bond donors (Lipinski definition) is 3. The van der Waals surface area contributed by atoms with Crippen molar-refractivity contribution in [1.29, 1.82) is 0 Å². The highest BCUT2D eigenvalue weighted by Crippen LogP contribution is 2.37. The smallest absolute Gasteiger partial charge is 0.347 e. The first-order valence-corrected chi connectivity index (χ1v) is 14.3. The van der Waals surface area contributed by atoms with E-state index in [4.69, 9.17) is 23.4 Å². The molecule has 1 aromatic heterocycles. The zero-order valence-electron chi connectivity index (χ0n) is 26.9. The number of phenolic OH excluding ortho intramolecular Hbond substituents is 1. The second-order valence-corrected chi connectivity index (χ2v) is 10.4. The van der Waals surface area contributed by atoms with E-state index >= 15 is 0 Å². The predicted molar refractivity (Wildman–Crippen MR) is 175 cm³/mol. The average Bonchev–Trinajstić information content (AvgIpc) is 3.07. The molecule has 248 valence electrons. The van der Waals surface area contributed by atoms with Gasteiger partial charge in [-0.1, -0.05) is 36.4 Å². The molecule has 0 saturated heterocycles. The van der Waals surface area contributed by atoms with Gasteiger partial charge in [-0.3, -0.25) is 9.59 Å². The van der Waals surface area contributed by atoms with Crippen LogP contribution in [0.1, 0.15) is 47.8 Å². The molecule has 48 heavy (non-hydrogen) atoms. The minimum Gasteiger partial charge on any atom is -0.507 e. The first kappa shape index (κ1) is 34.6. The van der Waals surface area contributed by atoms with Crippen LogP contribution in [-0.2, 0) is 0 Å². The number of carboxylic acid groups (broad SMARTS) is 1. The topological polar surface area (TPSA) is 179 Å². The largest absolute Gasteiger partial charge is 0.507 e. The summed E-state index contributed by atoms with van der Waals surface area (Å²) in [4.78, 5) is 47.8. The number of carbonyl (C=O) groups excluding carboxylic acids is 2. The Balaban J connectivity index is 0.000000223. The summed E-state index contributed by atoms with van der Waals surface area (Å²) in [5, 5.41) is 29.9. The van der Waals surface area contributed by atoms with Gasteiger partial charge in [0.1, 0.15) is 34.1 Å². The van der Waals surface area contributed by atoms with Crippen LogP contribution in [0.25, 0.3) is 22.3 Å². The number of para-hydroxylation sites is 1. The maximum Gasteiger partial charge on any atom is 0.347 e. The summed E-state index contributed by atoms with van der Waals surface area (Å²) in [7, 11) is 4.32. The van der Waals surface area contributed by atoms with Gasteiger partial charge in [0.25, 0.3) is 0 Å². The van der Waals surface area contributed by atoms with E-state index in [2.05, 4.69) is 0 Å². The number of carboxylic acids is 1. The number of methoxy groups -OCH3 is 3. The van der Waals surface area contributed by atoms with Crippen LogP contribution in [0.3, 0.4) is 0 Å². The highest BCUT2D eigenvalue weighted by Gasteiger charge is 2.26. The number of aryl methyl sites for hydroxylation is 2. The lowest BCUT2D eigenvalue weighted by molar-refractivity contribution is 0.0681. The van der Waals surface area contributed by atoms with E-state index in [9.17, 15) is 34.5 Å². The van der Waals surface area contributed by atoms with Gasteiger partial charge >= 0.3 is 11.9 Å². The lowest BCUT2D eigenvalue weighted by Crippen LogP contribution is -2.14. The second-order valence-electron chi connectivity index (χ2n) is 10.4. The number of ether oxygens (including phenoxy) is 4. The van der Waals surface area contributed by atoms with Gasteiger partial charge in [0, 0.05) is 11.1 Å². The van der Waals surface area contributed by atoms with Gasteiger partial charge in [-0.25, -0.2) is 9.59 Å². The molecule has 0 atom stereocenters. The lowest BCUT2D eigenvalue weighted by atomic mass is 10.0. The standard InChI is InChI=1S/C19H18O8.C17H14O4/c1-8-5-13(26-4)11(7-20)17(22)14(8)19(25)27-12-6-9(2)16(21)15(10(12)3)18(23)24;1-19-13-10-6-9-12-14(18)17(20-2)15(21-16(12)13)11-7-4-3-5-8-11/h5-7,21-22H,1-4H3,(H,23,24);3-10H,1-2H3. The molecule has 0 radical (unpaired) electrons. The third-order valence-corrected chi connectivity index (χ3v) is 7.46. The number of phenols is 2. The van der Waals surface area contributed by atoms with Crippen molar-refractivity contribution in [2.45, 2.75) is 20.8 Å². The molecule has 1 heterocycles. The van der Waals surface area contributed by atoms with E-state index in [-0.39, 0.29) is 50.5 Å². The van der Waals surface area contributed by atoms with Crippen LogP contribution in [-0.4, -0.2) is 54.9 Å². The van der Waals surface area contributed by atoms with E-state index in [1.165, 1.54) is 47.1 Å². The molecule has 0 unspecified atom stereocenters. The fraction of sp³-hybridized carbons (Fsp3) is 0.167. The predicted octanol–water partition coefficient (Wildman–Crippen LogP) is 6.24. The number of aldehydes is 1. The Hall–Kier alpha value is -6.30. The van der Waals surface area contributed by atoms with Crippen LogP contribution in [0.2, 0.25) is 0 Å². The first-order valence-electron chi connectivity index (χ1n) is 14.3. The molecule has 5 aromatic rings. The van der Waals surface area contributed by atoms with Gasteiger partial charge in [0.15, 0.2) is 23.4 Å². The molecule has 4 aromatic carbocycles. The Morgan fingerprint density at radius 3 is 2.00 bits per heavy atom. The number of fused-ring (bicyclic) bond motifs is 1. The van der Waals surface area contributed by atoms with Crippen molar-refractivity contribution in [3.63, 3.8) is 0 Å². The molecule has 0 spiro atoms. The summed E-state index contributed by atoms with van der Waals surface area (Å²) < 4.78 is 26.7. The number of hydrogen-bond acceptors (Lipinski definition) is 11. The summed E-state index contributed by atoms with van der Waals surface area (Å²) in [6.45, 7) is 4.35. The molecule has 12 heteroatoms. The molecule has 0 fully saturated rings. The summed E-state index contributed by atoms with van der Waals surface area (Å²) in [6, 6.07) is 17.3. The Morgan fingerprint density at radius 2 is 1.42 bits per heavy atom. The third kappa shape index (κ3) is 6.49. The summed E-state index contributed by atoms with van der Waals surface area (Å²) >= 11 is 0. The van der Waals surface area contributed by atoms with E-state index in [0.717, 1.165) is 5.56 Å². The molecule has 12 nitrogen and oxygen atoms in total. The Bertz CT molecular complexity index is 2100. The van der Waals surface area contributed by atoms with Crippen LogP contribution in [0.5, 0.6) is 34.5 Å². The highest BCUT2D eigenvalue weighted by atomic mass is 16.5. The highest BCUT2D eigenvalue weighted by molar-refractivity contribution is 6.01. The molecule has 0 aliphatic carbocycles. The van der Waals surface area contributed by atoms with Gasteiger partial charge in [0.2, 0.25) is 11.2 Å². The van der Waals surface area contributed by atoms with Crippen LogP contribution in [0.4, 0.5) is 0 Å². The SMILES string of the molecule is COc1c(-c2ccccc2)oc2c(OC)cccc2c1=O.COc1cc(C)c(C(=O)Oc2cc(C)c(O)c(C(=O)O)c2C)c(O)c1C=O. The molecule has 0 aliphatic heterocycles. The Morgan fingerprint density at radius 1 is 0.771 bits per heavy atom. The third-order valence-electron chi connectivity index (χ3n) is 7.46. The second kappa shape index (κ2) is 14.4. The fourth-order valence-corrected chi connectivity index (χ4v) is 5.01. The minimum absolute atomic E-state index is 0.0419. The van der Waals surface area contributed by atoms with Crippen LogP contribution < -0.4 is 24.4 Å². The van der Waals surface area contributed by atoms with Gasteiger partial charge < -0.3 is 38.7 Å². The molecule has 0 bridgehead atoms. The quantitative estimate of drug-likeness (QED) is 0.0974. The summed E-state index contributed by atoms with van der Waals surface area (Å²) in [6.07, 6.45) is 0.350. The Labute approximate surface area is 274 Å². The number of rotatable bonds is 8. The van der Waals surface area contributed by atoms with E-state index in [1.807, 2.05) is 30.3 Å². The summed E-state index contributed by atoms with van der Waals surface area (Å²) in [5.74, 6) is -2.26. The zero-order valence-corrected chi connectivity index (χ0v) is 26.9. The van der Waals surface area contributed by atoms with E-state index in [0.29, 0.717) is 34.3 Å². The van der Waals surface area contributed by atoms with E-state index < -0.39 is 23.4 Å². The van der Waals surface area contributed by atoms with Crippen molar-refractivity contribution in [1.82, 2.24) is 0 Å². The first-order chi connectivity index (χ1) is 22.9. The van der Waals surface area contributed by atoms with Crippen LogP contribution in [0.15, 0.2) is 69.9 Å². The van der Waals surface area contributed by atoms with E-state index in [1.54, 1.807) is 25.3 Å². The van der Waals surface area contributed by atoms with Gasteiger partial charge in [-0.2, -0.15) is 0 Å². The fourth-order valence-electron chi connectivity index (χ4n) is 5.01. The Kier molecular flexibility index (Phi) is 10.4. The van der Waals surface area contributed by atoms with Crippen LogP contribution in [0, 0.1) is 20.8 Å². The van der Waals surface area contributed by atoms with Gasteiger partial charge in [-0.15, -0.1) is 0 Å². The van der Waals surface area contributed by atoms with Crippen molar-refractivity contribution in [2.75, 3.05) is 21.3 Å². The van der Waals surface area contributed by atoms with Crippen molar-refractivity contribution in [3.8, 4) is 45.8 Å². The molecular formula is C36H32O12. The molecule has 3 N–H and O–H groups in total. The maximum absolute atomic E-state index is 12.6. The lowest BCUT2D eigenvalue weighted by Gasteiger charge is -2.16. The van der Waals surface area contributed by atoms with Gasteiger partial charge in [-0.05, 0) is 56.2 Å². The van der Waals surface area contributed by atoms with Crippen molar-refractivity contribution in [3.05, 3.63) is 104 Å². The van der Waals surface area contributed by atoms with Gasteiger partial charge in [0.05, 0.1) is 32.3 Å². The number of aromatic carboxylic acids is 1. The normalized spacial score (nSPS) is 10.5. The molecule has 0 amide bonds. The van der Waals surface area contributed by atoms with Crippen molar-refractivity contribution in [2.24, 2.45) is 0 Å².